The first kappa shape index (κ1) is 20.6. The molecule has 7 heteroatoms. The van der Waals surface area contributed by atoms with Crippen LogP contribution in [-0.4, -0.2) is 16.0 Å². The molecule has 0 radical (unpaired) electrons. The molecule has 4 nitrogen and oxygen atoms in total. The first-order valence-corrected chi connectivity index (χ1v) is 9.42. The van der Waals surface area contributed by atoms with E-state index in [4.69, 9.17) is 0 Å². The normalized spacial score (nSPS) is 12.5. The minimum atomic E-state index is -4.41. The number of benzene rings is 2. The zero-order chi connectivity index (χ0) is 21.0. The smallest absolute Gasteiger partial charge is 0.352 e. The number of hydrogen-bond donors (Lipinski definition) is 2. The number of aryl methyl sites for hydroxylation is 1. The van der Waals surface area contributed by atoms with E-state index in [1.807, 2.05) is 44.2 Å². The summed E-state index contributed by atoms with van der Waals surface area (Å²) in [5.74, 6) is 0.847. The Labute approximate surface area is 168 Å². The zero-order valence-electron chi connectivity index (χ0n) is 16.5. The summed E-state index contributed by atoms with van der Waals surface area (Å²) in [5.41, 5.74) is 1.91. The quantitative estimate of drug-likeness (QED) is 0.501. The number of rotatable bonds is 6. The highest BCUT2D eigenvalue weighted by molar-refractivity contribution is 5.69. The molecule has 0 aliphatic carbocycles. The molecule has 3 rings (SSSR count). The Bertz CT molecular complexity index is 972. The van der Waals surface area contributed by atoms with Gasteiger partial charge in [0.25, 0.3) is 0 Å². The van der Waals surface area contributed by atoms with E-state index in [2.05, 4.69) is 20.6 Å². The number of nitrogens with zero attached hydrogens (tertiary/aromatic N) is 2. The third kappa shape index (κ3) is 5.25. The maximum Gasteiger partial charge on any atom is 0.416 e. The summed E-state index contributed by atoms with van der Waals surface area (Å²) in [6, 6.07) is 15.1. The molecule has 0 amide bonds. The Morgan fingerprint density at radius 2 is 1.72 bits per heavy atom. The van der Waals surface area contributed by atoms with Gasteiger partial charge in [-0.25, -0.2) is 4.98 Å². The summed E-state index contributed by atoms with van der Waals surface area (Å²) in [6.07, 6.45) is -3.53. The summed E-state index contributed by atoms with van der Waals surface area (Å²) < 4.78 is 39.3. The largest absolute Gasteiger partial charge is 0.416 e. The average Bonchev–Trinajstić information content (AvgIpc) is 2.69. The molecule has 2 aromatic carbocycles. The van der Waals surface area contributed by atoms with Crippen LogP contribution in [-0.2, 0) is 6.18 Å². The van der Waals surface area contributed by atoms with Crippen LogP contribution in [0, 0.1) is 6.92 Å². The van der Waals surface area contributed by atoms with Gasteiger partial charge in [-0.1, -0.05) is 43.3 Å². The van der Waals surface area contributed by atoms with Gasteiger partial charge < -0.3 is 10.6 Å². The van der Waals surface area contributed by atoms with Crippen LogP contribution in [0.5, 0.6) is 0 Å². The molecule has 1 aromatic heterocycles. The van der Waals surface area contributed by atoms with Crippen LogP contribution in [0.25, 0.3) is 11.3 Å². The van der Waals surface area contributed by atoms with Crippen LogP contribution in [0.15, 0.2) is 54.6 Å². The van der Waals surface area contributed by atoms with Crippen molar-refractivity contribution in [3.63, 3.8) is 0 Å². The lowest BCUT2D eigenvalue weighted by atomic mass is 10.1. The number of alkyl halides is 3. The summed E-state index contributed by atoms with van der Waals surface area (Å²) in [7, 11) is 0. The van der Waals surface area contributed by atoms with Gasteiger partial charge >= 0.3 is 6.18 Å². The molecule has 1 heterocycles. The molecule has 0 spiro atoms. The average molecular weight is 400 g/mol. The third-order valence-electron chi connectivity index (χ3n) is 4.61. The maximum absolute atomic E-state index is 13.1. The van der Waals surface area contributed by atoms with E-state index >= 15 is 0 Å². The van der Waals surface area contributed by atoms with Crippen LogP contribution in [0.2, 0.25) is 0 Å². The summed E-state index contributed by atoms with van der Waals surface area (Å²) >= 11 is 0. The van der Waals surface area contributed by atoms with Gasteiger partial charge in [-0.05, 0) is 38.0 Å². The van der Waals surface area contributed by atoms with E-state index in [0.717, 1.165) is 24.1 Å². The number of anilines is 3. The van der Waals surface area contributed by atoms with E-state index in [0.29, 0.717) is 28.7 Å². The molecular formula is C22H23F3N4. The van der Waals surface area contributed by atoms with Gasteiger partial charge in [0.1, 0.15) is 5.82 Å². The molecular weight excluding hydrogens is 377 g/mol. The maximum atomic E-state index is 13.1. The lowest BCUT2D eigenvalue weighted by Gasteiger charge is -2.16. The highest BCUT2D eigenvalue weighted by Crippen LogP contribution is 2.33. The Morgan fingerprint density at radius 3 is 2.38 bits per heavy atom. The second-order valence-electron chi connectivity index (χ2n) is 6.93. The van der Waals surface area contributed by atoms with Crippen LogP contribution in [0.4, 0.5) is 30.6 Å². The van der Waals surface area contributed by atoms with Crippen molar-refractivity contribution in [1.82, 2.24) is 9.97 Å². The Balaban J connectivity index is 2.01. The predicted octanol–water partition coefficient (Wildman–Crippen LogP) is 6.42. The van der Waals surface area contributed by atoms with Crippen LogP contribution in [0.1, 0.15) is 31.4 Å². The molecule has 1 atom stereocenters. The van der Waals surface area contributed by atoms with Crippen LogP contribution >= 0.6 is 0 Å². The molecule has 0 aliphatic rings. The number of hydrogen-bond acceptors (Lipinski definition) is 4. The fourth-order valence-corrected chi connectivity index (χ4v) is 2.73. The second-order valence-corrected chi connectivity index (χ2v) is 6.93. The van der Waals surface area contributed by atoms with Crippen molar-refractivity contribution in [2.24, 2.45) is 0 Å². The number of aromatic nitrogens is 2. The minimum absolute atomic E-state index is 0.157. The van der Waals surface area contributed by atoms with Crippen LogP contribution < -0.4 is 10.6 Å². The van der Waals surface area contributed by atoms with Gasteiger partial charge in [-0.3, -0.25) is 0 Å². The summed E-state index contributed by atoms with van der Waals surface area (Å²) in [6.45, 7) is 5.81. The summed E-state index contributed by atoms with van der Waals surface area (Å²) in [5, 5.41) is 6.27. The fourth-order valence-electron chi connectivity index (χ4n) is 2.73. The van der Waals surface area contributed by atoms with Gasteiger partial charge in [-0.2, -0.15) is 18.2 Å². The van der Waals surface area contributed by atoms with Gasteiger partial charge in [0.05, 0.1) is 11.3 Å². The van der Waals surface area contributed by atoms with E-state index < -0.39 is 11.7 Å². The van der Waals surface area contributed by atoms with Gasteiger partial charge in [0.2, 0.25) is 5.95 Å². The molecule has 0 saturated carbocycles. The molecule has 3 aromatic rings. The Hall–Kier alpha value is -3.09. The standard InChI is InChI=1S/C22H23F3N4/c1-4-15(3)26-21-28-19(16-8-6-5-7-9-16)13-20(29-21)27-18-12-17(22(23,24)25)11-10-14(18)2/h5-13,15H,4H2,1-3H3,(H2,26,27,28,29)/t15-/m0/s1. The van der Waals surface area contributed by atoms with Crippen molar-refractivity contribution < 1.29 is 13.2 Å². The van der Waals surface area contributed by atoms with Crippen molar-refractivity contribution in [3.8, 4) is 11.3 Å². The Morgan fingerprint density at radius 1 is 1.00 bits per heavy atom. The lowest BCUT2D eigenvalue weighted by Crippen LogP contribution is -2.16. The van der Waals surface area contributed by atoms with Gasteiger partial charge in [-0.15, -0.1) is 0 Å². The molecule has 0 saturated heterocycles. The van der Waals surface area contributed by atoms with Gasteiger partial charge in [0.15, 0.2) is 0 Å². The van der Waals surface area contributed by atoms with Gasteiger partial charge in [0, 0.05) is 23.4 Å². The fraction of sp³-hybridized carbons (Fsp3) is 0.273. The van der Waals surface area contributed by atoms with E-state index in [-0.39, 0.29) is 6.04 Å². The minimum Gasteiger partial charge on any atom is -0.352 e. The first-order valence-electron chi connectivity index (χ1n) is 9.42. The topological polar surface area (TPSA) is 49.8 Å². The predicted molar refractivity (Wildman–Crippen MR) is 110 cm³/mol. The SMILES string of the molecule is CC[C@H](C)Nc1nc(Nc2cc(C(F)(F)F)ccc2C)cc(-c2ccccc2)n1. The van der Waals surface area contributed by atoms with Crippen molar-refractivity contribution >= 4 is 17.5 Å². The van der Waals surface area contributed by atoms with Crippen molar-refractivity contribution in [1.29, 1.82) is 0 Å². The van der Waals surface area contributed by atoms with Crippen molar-refractivity contribution in [3.05, 3.63) is 65.7 Å². The van der Waals surface area contributed by atoms with E-state index in [1.165, 1.54) is 6.07 Å². The molecule has 0 fully saturated rings. The third-order valence-corrected chi connectivity index (χ3v) is 4.61. The molecule has 2 N–H and O–H groups in total. The highest BCUT2D eigenvalue weighted by atomic mass is 19.4. The van der Waals surface area contributed by atoms with Crippen molar-refractivity contribution in [2.75, 3.05) is 10.6 Å². The van der Waals surface area contributed by atoms with E-state index in [9.17, 15) is 13.2 Å². The molecule has 29 heavy (non-hydrogen) atoms. The monoisotopic (exact) mass is 400 g/mol. The highest BCUT2D eigenvalue weighted by Gasteiger charge is 2.30. The molecule has 152 valence electrons. The molecule has 0 aliphatic heterocycles. The van der Waals surface area contributed by atoms with Crippen LogP contribution in [0.3, 0.4) is 0 Å². The number of halogens is 3. The Kier molecular flexibility index (Phi) is 6.06. The summed E-state index contributed by atoms with van der Waals surface area (Å²) in [4.78, 5) is 9.03. The van der Waals surface area contributed by atoms with E-state index in [1.54, 1.807) is 13.0 Å². The second kappa shape index (κ2) is 8.51. The first-order chi connectivity index (χ1) is 13.8. The zero-order valence-corrected chi connectivity index (χ0v) is 16.5. The number of nitrogens with one attached hydrogen (secondary N) is 2. The molecule has 0 unspecified atom stereocenters. The lowest BCUT2D eigenvalue weighted by molar-refractivity contribution is -0.137. The molecule has 0 bridgehead atoms. The van der Waals surface area contributed by atoms with Crippen molar-refractivity contribution in [2.45, 2.75) is 39.4 Å².